The first kappa shape index (κ1) is 20.5. The molecule has 6 nitrogen and oxygen atoms in total. The molecule has 10 heteroatoms. The summed E-state index contributed by atoms with van der Waals surface area (Å²) in [6, 6.07) is 4.18. The van der Waals surface area contributed by atoms with Crippen LogP contribution in [0, 0.1) is 23.3 Å². The molecular formula is C21H15F4N5O. The van der Waals surface area contributed by atoms with Gasteiger partial charge in [-0.3, -0.25) is 14.8 Å². The lowest BCUT2D eigenvalue weighted by atomic mass is 9.82. The molecule has 1 aromatic carbocycles. The van der Waals surface area contributed by atoms with E-state index in [0.29, 0.717) is 17.8 Å². The number of hydrogen-bond acceptors (Lipinski definition) is 5. The third kappa shape index (κ3) is 3.72. The number of aliphatic imine (C=N–C) groups is 1. The Kier molecular flexibility index (Phi) is 4.92. The lowest BCUT2D eigenvalue weighted by Crippen LogP contribution is -2.35. The van der Waals surface area contributed by atoms with E-state index in [0.717, 1.165) is 12.3 Å². The van der Waals surface area contributed by atoms with Gasteiger partial charge in [0.15, 0.2) is 11.5 Å². The van der Waals surface area contributed by atoms with Gasteiger partial charge in [-0.1, -0.05) is 0 Å². The molecule has 0 aliphatic carbocycles. The molecule has 1 atom stereocenters. The summed E-state index contributed by atoms with van der Waals surface area (Å²) in [6.45, 7) is 1.58. The van der Waals surface area contributed by atoms with Gasteiger partial charge in [0.05, 0.1) is 17.9 Å². The minimum atomic E-state index is -1.27. The van der Waals surface area contributed by atoms with E-state index >= 15 is 0 Å². The van der Waals surface area contributed by atoms with Gasteiger partial charge in [-0.2, -0.15) is 0 Å². The number of hydrogen-bond donors (Lipinski definition) is 2. The largest absolute Gasteiger partial charge is 0.383 e. The van der Waals surface area contributed by atoms with Gasteiger partial charge >= 0.3 is 0 Å². The highest BCUT2D eigenvalue weighted by molar-refractivity contribution is 6.03. The Bertz CT molecular complexity index is 1250. The van der Waals surface area contributed by atoms with Crippen molar-refractivity contribution in [2.45, 2.75) is 18.9 Å². The quantitative estimate of drug-likeness (QED) is 0.624. The van der Waals surface area contributed by atoms with E-state index in [1.165, 1.54) is 18.3 Å². The van der Waals surface area contributed by atoms with Gasteiger partial charge < -0.3 is 11.1 Å². The van der Waals surface area contributed by atoms with Crippen molar-refractivity contribution in [2.75, 3.05) is 5.32 Å². The molecule has 4 rings (SSSR count). The molecule has 3 aromatic rings. The molecule has 3 heterocycles. The minimum absolute atomic E-state index is 0.000147. The molecule has 0 fully saturated rings. The van der Waals surface area contributed by atoms with Crippen LogP contribution in [0.25, 0.3) is 0 Å². The Morgan fingerprint density at radius 3 is 2.58 bits per heavy atom. The molecule has 2 aromatic heterocycles. The van der Waals surface area contributed by atoms with E-state index in [9.17, 15) is 22.4 Å². The third-order valence-corrected chi connectivity index (χ3v) is 5.00. The van der Waals surface area contributed by atoms with Crippen LogP contribution in [0.1, 0.15) is 34.1 Å². The Morgan fingerprint density at radius 2 is 1.84 bits per heavy atom. The average Bonchev–Trinajstić information content (AvgIpc) is 2.70. The molecule has 0 bridgehead atoms. The number of benzene rings is 1. The van der Waals surface area contributed by atoms with Crippen LogP contribution >= 0.6 is 0 Å². The Morgan fingerprint density at radius 1 is 1.06 bits per heavy atom. The highest BCUT2D eigenvalue weighted by Gasteiger charge is 2.36. The molecule has 158 valence electrons. The van der Waals surface area contributed by atoms with Crippen LogP contribution in [-0.4, -0.2) is 21.7 Å². The van der Waals surface area contributed by atoms with Crippen molar-refractivity contribution in [3.63, 3.8) is 0 Å². The van der Waals surface area contributed by atoms with Crippen molar-refractivity contribution in [2.24, 2.45) is 10.7 Å². The zero-order chi connectivity index (χ0) is 22.3. The number of nitrogens with two attached hydrogens (primary N) is 1. The summed E-state index contributed by atoms with van der Waals surface area (Å²) in [7, 11) is 0. The SMILES string of the molecule is CC1(c2cc(NC(=O)c3ncc(F)cc3F)ccc2F)Cc2c(F)cncc2C(N)=N1. The summed E-state index contributed by atoms with van der Waals surface area (Å²) in [4.78, 5) is 23.9. The van der Waals surface area contributed by atoms with Crippen LogP contribution in [0.15, 0.2) is 47.8 Å². The second kappa shape index (κ2) is 7.46. The maximum Gasteiger partial charge on any atom is 0.277 e. The van der Waals surface area contributed by atoms with Crippen molar-refractivity contribution in [1.29, 1.82) is 0 Å². The molecular weight excluding hydrogens is 414 g/mol. The maximum absolute atomic E-state index is 14.7. The maximum atomic E-state index is 14.7. The predicted molar refractivity (Wildman–Crippen MR) is 104 cm³/mol. The minimum Gasteiger partial charge on any atom is -0.383 e. The van der Waals surface area contributed by atoms with E-state index in [2.05, 4.69) is 20.3 Å². The topological polar surface area (TPSA) is 93.3 Å². The smallest absolute Gasteiger partial charge is 0.277 e. The number of pyridine rings is 2. The number of amides is 1. The average molecular weight is 429 g/mol. The number of amidine groups is 1. The van der Waals surface area contributed by atoms with Gasteiger partial charge in [0.2, 0.25) is 0 Å². The van der Waals surface area contributed by atoms with Crippen molar-refractivity contribution in [3.8, 4) is 0 Å². The first-order valence-corrected chi connectivity index (χ1v) is 9.08. The fourth-order valence-corrected chi connectivity index (χ4v) is 3.52. The number of fused-ring (bicyclic) bond motifs is 1. The van der Waals surface area contributed by atoms with Crippen LogP contribution in [-0.2, 0) is 12.0 Å². The highest BCUT2D eigenvalue weighted by Crippen LogP contribution is 2.37. The van der Waals surface area contributed by atoms with Crippen LogP contribution in [0.3, 0.4) is 0 Å². The molecule has 1 unspecified atom stereocenters. The standard InChI is InChI=1S/C21H15F4N5O/c1-21(6-12-13(19(26)30-21)8-27-9-17(12)25)14-5-11(2-3-15(14)23)29-20(31)18-16(24)4-10(22)7-28-18/h2-5,7-9H,6H2,1H3,(H2,26,30)(H,29,31). The highest BCUT2D eigenvalue weighted by atomic mass is 19.1. The molecule has 0 saturated heterocycles. The number of aromatic nitrogens is 2. The molecule has 31 heavy (non-hydrogen) atoms. The molecule has 0 spiro atoms. The van der Waals surface area contributed by atoms with E-state index < -0.39 is 40.4 Å². The second-order valence-corrected chi connectivity index (χ2v) is 7.23. The van der Waals surface area contributed by atoms with Gasteiger partial charge in [-0.05, 0) is 25.1 Å². The zero-order valence-electron chi connectivity index (χ0n) is 16.1. The molecule has 0 saturated carbocycles. The first-order valence-electron chi connectivity index (χ1n) is 9.08. The van der Waals surface area contributed by atoms with Crippen LogP contribution in [0.2, 0.25) is 0 Å². The van der Waals surface area contributed by atoms with Gasteiger partial charge in [-0.15, -0.1) is 0 Å². The van der Waals surface area contributed by atoms with Crippen molar-refractivity contribution in [1.82, 2.24) is 9.97 Å². The van der Waals surface area contributed by atoms with E-state index in [-0.39, 0.29) is 29.1 Å². The zero-order valence-corrected chi connectivity index (χ0v) is 16.1. The fraction of sp³-hybridized carbons (Fsp3) is 0.143. The molecule has 1 amide bonds. The Labute approximate surface area is 173 Å². The molecule has 0 radical (unpaired) electrons. The molecule has 1 aliphatic rings. The third-order valence-electron chi connectivity index (χ3n) is 5.00. The number of nitrogens with zero attached hydrogens (tertiary/aromatic N) is 3. The predicted octanol–water partition coefficient (Wildman–Crippen LogP) is 3.46. The van der Waals surface area contributed by atoms with Crippen LogP contribution < -0.4 is 11.1 Å². The van der Waals surface area contributed by atoms with Gasteiger partial charge in [-0.25, -0.2) is 22.5 Å². The van der Waals surface area contributed by atoms with Gasteiger partial charge in [0.1, 0.15) is 23.3 Å². The normalized spacial score (nSPS) is 17.6. The summed E-state index contributed by atoms with van der Waals surface area (Å²) in [6.07, 6.45) is 3.12. The number of halogens is 4. The molecule has 3 N–H and O–H groups in total. The van der Waals surface area contributed by atoms with Gasteiger partial charge in [0.25, 0.3) is 5.91 Å². The number of carbonyl (C=O) groups is 1. The summed E-state index contributed by atoms with van der Waals surface area (Å²) in [5.41, 5.74) is 4.81. The summed E-state index contributed by atoms with van der Waals surface area (Å²) < 4.78 is 55.9. The van der Waals surface area contributed by atoms with Crippen molar-refractivity contribution >= 4 is 17.4 Å². The Balaban J connectivity index is 1.69. The van der Waals surface area contributed by atoms with Crippen molar-refractivity contribution in [3.05, 3.63) is 88.5 Å². The van der Waals surface area contributed by atoms with Crippen LogP contribution in [0.5, 0.6) is 0 Å². The lowest BCUT2D eigenvalue weighted by Gasteiger charge is -2.32. The van der Waals surface area contributed by atoms with Crippen LogP contribution in [0.4, 0.5) is 23.2 Å². The lowest BCUT2D eigenvalue weighted by molar-refractivity contribution is 0.101. The van der Waals surface area contributed by atoms with E-state index in [1.54, 1.807) is 6.92 Å². The van der Waals surface area contributed by atoms with E-state index in [4.69, 9.17) is 5.73 Å². The number of nitrogens with one attached hydrogen (secondary N) is 1. The number of carbonyl (C=O) groups excluding carboxylic acids is 1. The summed E-state index contributed by atoms with van der Waals surface area (Å²) in [5, 5.41) is 2.39. The summed E-state index contributed by atoms with van der Waals surface area (Å²) in [5.74, 6) is -4.26. The fourth-order valence-electron chi connectivity index (χ4n) is 3.52. The number of rotatable bonds is 3. The van der Waals surface area contributed by atoms with Gasteiger partial charge in [0, 0.05) is 41.1 Å². The van der Waals surface area contributed by atoms with Crippen molar-refractivity contribution < 1.29 is 22.4 Å². The first-order chi connectivity index (χ1) is 14.7. The second-order valence-electron chi connectivity index (χ2n) is 7.23. The summed E-state index contributed by atoms with van der Waals surface area (Å²) >= 11 is 0. The Hall–Kier alpha value is -3.82. The monoisotopic (exact) mass is 429 g/mol. The van der Waals surface area contributed by atoms with E-state index in [1.807, 2.05) is 0 Å². The number of anilines is 1. The molecule has 1 aliphatic heterocycles.